The Morgan fingerprint density at radius 3 is 2.50 bits per heavy atom. The second kappa shape index (κ2) is 10.9. The van der Waals surface area contributed by atoms with Crippen molar-refractivity contribution in [3.05, 3.63) is 97.8 Å². The molecule has 0 spiro atoms. The van der Waals surface area contributed by atoms with Crippen LogP contribution in [0.15, 0.2) is 53.7 Å². The van der Waals surface area contributed by atoms with Crippen LogP contribution in [0, 0.1) is 12.7 Å². The first-order valence-electron chi connectivity index (χ1n) is 13.0. The number of halogens is 6. The molecule has 0 saturated carbocycles. The molecule has 1 atom stereocenters. The Bertz CT molecular complexity index is 1590. The molecule has 1 unspecified atom stereocenters. The lowest BCUT2D eigenvalue weighted by molar-refractivity contribution is -0.275. The number of oxime groups is 1. The summed E-state index contributed by atoms with van der Waals surface area (Å²) in [7, 11) is -1.02. The molecule has 2 heterocycles. The molecule has 5 rings (SSSR count). The van der Waals surface area contributed by atoms with E-state index in [1.807, 2.05) is 32.0 Å². The smallest absolute Gasteiger partial charge is 0.423 e. The van der Waals surface area contributed by atoms with Crippen LogP contribution < -0.4 is 10.8 Å². The summed E-state index contributed by atoms with van der Waals surface area (Å²) in [5.74, 6) is -1.46. The Labute approximate surface area is 249 Å². The molecule has 0 bridgehead atoms. The summed E-state index contributed by atoms with van der Waals surface area (Å²) in [5, 5.41) is 15.6. The van der Waals surface area contributed by atoms with Gasteiger partial charge in [0.15, 0.2) is 5.82 Å². The van der Waals surface area contributed by atoms with Crippen molar-refractivity contribution in [2.24, 2.45) is 5.16 Å². The van der Waals surface area contributed by atoms with Gasteiger partial charge in [-0.3, -0.25) is 4.79 Å². The van der Waals surface area contributed by atoms with Crippen LogP contribution in [0.25, 0.3) is 0 Å². The topological polar surface area (TPSA) is 80.2 Å². The van der Waals surface area contributed by atoms with Crippen LogP contribution in [0.4, 0.5) is 17.6 Å². The standard InChI is InChI=1S/C29H25BCl2F4N2O4/c1-15-18(24-14-28(42-38-24,29(34,35)36)17-12-22(31)25(33)23(32)13-17)5-4-6-19(15)26(39)37-10-9-16-7-8-20-21(11-16)30(40)41-27(20,2)3/h4-8,11-13,40H,9-10,14H2,1-3H3,(H,37,39). The highest BCUT2D eigenvalue weighted by atomic mass is 35.5. The Balaban J connectivity index is 1.32. The van der Waals surface area contributed by atoms with E-state index in [1.165, 1.54) is 0 Å². The summed E-state index contributed by atoms with van der Waals surface area (Å²) in [4.78, 5) is 18.1. The monoisotopic (exact) mass is 622 g/mol. The predicted octanol–water partition coefficient (Wildman–Crippen LogP) is 5.95. The van der Waals surface area contributed by atoms with Crippen molar-refractivity contribution >= 4 is 47.4 Å². The van der Waals surface area contributed by atoms with Crippen molar-refractivity contribution in [2.75, 3.05) is 6.54 Å². The molecule has 0 saturated heterocycles. The molecule has 2 N–H and O–H groups in total. The van der Waals surface area contributed by atoms with Crippen LogP contribution in [0.2, 0.25) is 10.0 Å². The minimum Gasteiger partial charge on any atom is -0.423 e. The van der Waals surface area contributed by atoms with Gasteiger partial charge in [0.1, 0.15) is 0 Å². The average Bonchev–Trinajstić information content (AvgIpc) is 3.46. The summed E-state index contributed by atoms with van der Waals surface area (Å²) < 4.78 is 62.8. The SMILES string of the molecule is Cc1c(C(=O)NCCc2ccc3c(c2)B(O)OC3(C)C)cccc1C1=NOC(c2cc(Cl)c(F)c(Cl)c2)(C(F)(F)F)C1. The van der Waals surface area contributed by atoms with Gasteiger partial charge in [-0.1, -0.05) is 58.7 Å². The molecule has 3 aromatic carbocycles. The van der Waals surface area contributed by atoms with Crippen LogP contribution in [-0.2, 0) is 27.1 Å². The van der Waals surface area contributed by atoms with E-state index in [2.05, 4.69) is 10.5 Å². The number of fused-ring (bicyclic) bond motifs is 1. The van der Waals surface area contributed by atoms with Crippen molar-refractivity contribution in [1.29, 1.82) is 0 Å². The maximum Gasteiger partial charge on any atom is 0.492 e. The highest BCUT2D eigenvalue weighted by Gasteiger charge is 2.62. The molecule has 3 aromatic rings. The zero-order chi connectivity index (χ0) is 30.6. The molecule has 0 radical (unpaired) electrons. The summed E-state index contributed by atoms with van der Waals surface area (Å²) in [6.07, 6.45) is -5.23. The lowest BCUT2D eigenvalue weighted by Crippen LogP contribution is -2.42. The molecular weight excluding hydrogens is 598 g/mol. The van der Waals surface area contributed by atoms with Crippen molar-refractivity contribution in [3.63, 3.8) is 0 Å². The zero-order valence-electron chi connectivity index (χ0n) is 22.7. The van der Waals surface area contributed by atoms with E-state index in [-0.39, 0.29) is 17.8 Å². The van der Waals surface area contributed by atoms with Crippen LogP contribution in [0.5, 0.6) is 0 Å². The molecular formula is C29H25BCl2F4N2O4. The van der Waals surface area contributed by atoms with Gasteiger partial charge in [-0.25, -0.2) is 4.39 Å². The number of benzene rings is 3. The lowest BCUT2D eigenvalue weighted by atomic mass is 9.77. The fraction of sp³-hybridized carbons (Fsp3) is 0.310. The fourth-order valence-electron chi connectivity index (χ4n) is 5.37. The first kappa shape index (κ1) is 30.3. The maximum absolute atomic E-state index is 14.4. The highest BCUT2D eigenvalue weighted by Crippen LogP contribution is 2.50. The summed E-state index contributed by atoms with van der Waals surface area (Å²) in [5.41, 5.74) is -0.650. The van der Waals surface area contributed by atoms with Gasteiger partial charge in [-0.05, 0) is 67.5 Å². The van der Waals surface area contributed by atoms with E-state index in [0.717, 1.165) is 23.3 Å². The molecule has 13 heteroatoms. The van der Waals surface area contributed by atoms with Gasteiger partial charge in [0.2, 0.25) is 0 Å². The first-order chi connectivity index (χ1) is 19.6. The maximum atomic E-state index is 14.4. The van der Waals surface area contributed by atoms with E-state index in [9.17, 15) is 27.4 Å². The second-order valence-corrected chi connectivity index (χ2v) is 11.6. The number of amides is 1. The van der Waals surface area contributed by atoms with Crippen molar-refractivity contribution in [2.45, 2.75) is 51.0 Å². The Hall–Kier alpha value is -3.12. The van der Waals surface area contributed by atoms with E-state index in [4.69, 9.17) is 32.7 Å². The van der Waals surface area contributed by atoms with Crippen LogP contribution >= 0.6 is 23.2 Å². The molecule has 42 heavy (non-hydrogen) atoms. The number of hydrogen-bond acceptors (Lipinski definition) is 5. The number of carbonyl (C=O) groups excluding carboxylic acids is 1. The number of carbonyl (C=O) groups is 1. The lowest BCUT2D eigenvalue weighted by Gasteiger charge is -2.29. The van der Waals surface area contributed by atoms with Gasteiger partial charge in [-0.15, -0.1) is 0 Å². The molecule has 220 valence electrons. The van der Waals surface area contributed by atoms with Crippen molar-refractivity contribution in [1.82, 2.24) is 5.32 Å². The number of nitrogens with zero attached hydrogens (tertiary/aromatic N) is 1. The second-order valence-electron chi connectivity index (χ2n) is 10.8. The Kier molecular flexibility index (Phi) is 7.85. The highest BCUT2D eigenvalue weighted by molar-refractivity contribution is 6.62. The minimum atomic E-state index is -4.96. The third-order valence-corrected chi connectivity index (χ3v) is 8.21. The molecule has 2 aliphatic heterocycles. The molecule has 6 nitrogen and oxygen atoms in total. The van der Waals surface area contributed by atoms with E-state index < -0.39 is 58.3 Å². The van der Waals surface area contributed by atoms with E-state index in [0.29, 0.717) is 23.0 Å². The quantitative estimate of drug-likeness (QED) is 0.202. The third kappa shape index (κ3) is 5.28. The predicted molar refractivity (Wildman–Crippen MR) is 152 cm³/mol. The summed E-state index contributed by atoms with van der Waals surface area (Å²) >= 11 is 11.6. The van der Waals surface area contributed by atoms with Gasteiger partial charge < -0.3 is 19.8 Å². The van der Waals surface area contributed by atoms with Crippen LogP contribution in [0.3, 0.4) is 0 Å². The fourth-order valence-corrected chi connectivity index (χ4v) is 5.86. The summed E-state index contributed by atoms with van der Waals surface area (Å²) in [6, 6.07) is 11.9. The molecule has 1 amide bonds. The largest absolute Gasteiger partial charge is 0.492 e. The molecule has 0 fully saturated rings. The van der Waals surface area contributed by atoms with Gasteiger partial charge >= 0.3 is 13.3 Å². The number of rotatable bonds is 6. The van der Waals surface area contributed by atoms with Crippen LogP contribution in [0.1, 0.15) is 58.4 Å². The third-order valence-electron chi connectivity index (χ3n) is 7.66. The molecule has 0 aliphatic carbocycles. The first-order valence-corrected chi connectivity index (χ1v) is 13.7. The Morgan fingerprint density at radius 2 is 1.83 bits per heavy atom. The summed E-state index contributed by atoms with van der Waals surface area (Å²) in [6.45, 7) is 5.63. The van der Waals surface area contributed by atoms with Crippen LogP contribution in [-0.4, -0.2) is 36.5 Å². The molecule has 0 aromatic heterocycles. The Morgan fingerprint density at radius 1 is 1.14 bits per heavy atom. The number of nitrogens with one attached hydrogen (secondary N) is 1. The normalized spacial score (nSPS) is 19.4. The van der Waals surface area contributed by atoms with Gasteiger partial charge in [0, 0.05) is 29.7 Å². The zero-order valence-corrected chi connectivity index (χ0v) is 24.2. The van der Waals surface area contributed by atoms with E-state index in [1.54, 1.807) is 25.1 Å². The van der Waals surface area contributed by atoms with Gasteiger partial charge in [0.25, 0.3) is 11.5 Å². The minimum absolute atomic E-state index is 0.0436. The number of hydrogen-bond donors (Lipinski definition) is 2. The van der Waals surface area contributed by atoms with Crippen molar-refractivity contribution < 1.29 is 36.9 Å². The van der Waals surface area contributed by atoms with Gasteiger partial charge in [-0.2, -0.15) is 13.2 Å². The molecule has 2 aliphatic rings. The average molecular weight is 623 g/mol. The number of alkyl halides is 3. The van der Waals surface area contributed by atoms with Crippen molar-refractivity contribution in [3.8, 4) is 0 Å². The van der Waals surface area contributed by atoms with Gasteiger partial charge in [0.05, 0.1) is 21.4 Å². The van der Waals surface area contributed by atoms with E-state index >= 15 is 0 Å².